The number of benzene rings is 2. The monoisotopic (exact) mass is 364 g/mol. The highest BCUT2D eigenvalue weighted by Crippen LogP contribution is 2.35. The van der Waals surface area contributed by atoms with Crippen molar-refractivity contribution in [3.63, 3.8) is 0 Å². The lowest BCUT2D eigenvalue weighted by Crippen LogP contribution is -2.27. The van der Waals surface area contributed by atoms with Gasteiger partial charge in [-0.25, -0.2) is 4.98 Å². The van der Waals surface area contributed by atoms with Crippen molar-refractivity contribution in [3.05, 3.63) is 65.2 Å². The number of aromatic nitrogens is 1. The number of ether oxygens (including phenoxy) is 1. The van der Waals surface area contributed by atoms with Gasteiger partial charge in [-0.3, -0.25) is 4.79 Å². The largest absolute Gasteiger partial charge is 0.497 e. The van der Waals surface area contributed by atoms with E-state index in [0.717, 1.165) is 47.0 Å². The lowest BCUT2D eigenvalue weighted by Gasteiger charge is -2.20. The van der Waals surface area contributed by atoms with Crippen molar-refractivity contribution in [2.75, 3.05) is 12.4 Å². The molecule has 1 heterocycles. The second-order valence-electron chi connectivity index (χ2n) is 6.41. The zero-order valence-corrected chi connectivity index (χ0v) is 15.4. The zero-order chi connectivity index (χ0) is 17.9. The number of amides is 1. The normalized spacial score (nSPS) is 16.0. The zero-order valence-electron chi connectivity index (χ0n) is 14.6. The average molecular weight is 364 g/mol. The van der Waals surface area contributed by atoms with Crippen LogP contribution in [0.15, 0.2) is 54.6 Å². The second-order valence-corrected chi connectivity index (χ2v) is 7.50. The van der Waals surface area contributed by atoms with Gasteiger partial charge in [0, 0.05) is 22.0 Å². The maximum atomic E-state index is 12.7. The van der Waals surface area contributed by atoms with E-state index in [1.54, 1.807) is 18.4 Å². The molecular weight excluding hydrogens is 344 g/mol. The van der Waals surface area contributed by atoms with Gasteiger partial charge in [-0.15, -0.1) is 11.3 Å². The Kier molecular flexibility index (Phi) is 4.71. The Balaban J connectivity index is 1.45. The average Bonchev–Trinajstić information content (AvgIpc) is 3.12. The summed E-state index contributed by atoms with van der Waals surface area (Å²) in [5, 5.41) is 4.07. The van der Waals surface area contributed by atoms with Crippen LogP contribution >= 0.6 is 11.3 Å². The summed E-state index contributed by atoms with van der Waals surface area (Å²) in [5.41, 5.74) is 3.10. The van der Waals surface area contributed by atoms with E-state index in [-0.39, 0.29) is 11.8 Å². The van der Waals surface area contributed by atoms with Crippen LogP contribution in [-0.4, -0.2) is 18.0 Å². The fourth-order valence-electron chi connectivity index (χ4n) is 3.22. The number of hydrogen-bond acceptors (Lipinski definition) is 4. The summed E-state index contributed by atoms with van der Waals surface area (Å²) in [6.45, 7) is 0. The minimum absolute atomic E-state index is 0.00586. The summed E-state index contributed by atoms with van der Waals surface area (Å²) in [7, 11) is 1.63. The number of fused-ring (bicyclic) bond motifs is 1. The molecule has 132 valence electrons. The van der Waals surface area contributed by atoms with Crippen LogP contribution in [0.2, 0.25) is 0 Å². The van der Waals surface area contributed by atoms with E-state index in [2.05, 4.69) is 17.4 Å². The molecule has 0 saturated heterocycles. The van der Waals surface area contributed by atoms with Gasteiger partial charge in [-0.05, 0) is 43.5 Å². The van der Waals surface area contributed by atoms with Crippen LogP contribution in [0.5, 0.6) is 5.75 Å². The third-order valence-electron chi connectivity index (χ3n) is 4.69. The molecule has 1 unspecified atom stereocenters. The van der Waals surface area contributed by atoms with E-state index in [1.807, 2.05) is 42.5 Å². The summed E-state index contributed by atoms with van der Waals surface area (Å²) in [4.78, 5) is 18.7. The molecule has 1 amide bonds. The molecular formula is C21H20N2O2S. The van der Waals surface area contributed by atoms with Crippen LogP contribution in [0.3, 0.4) is 0 Å². The van der Waals surface area contributed by atoms with E-state index in [0.29, 0.717) is 0 Å². The van der Waals surface area contributed by atoms with Crippen molar-refractivity contribution in [3.8, 4) is 16.3 Å². The van der Waals surface area contributed by atoms with Gasteiger partial charge in [0.25, 0.3) is 0 Å². The van der Waals surface area contributed by atoms with Crippen LogP contribution in [0, 0.1) is 5.92 Å². The highest BCUT2D eigenvalue weighted by molar-refractivity contribution is 7.15. The number of methoxy groups -OCH3 is 1. The van der Waals surface area contributed by atoms with Gasteiger partial charge in [-0.1, -0.05) is 30.3 Å². The Bertz CT molecular complexity index is 904. The number of anilines is 1. The Labute approximate surface area is 156 Å². The molecule has 0 aliphatic heterocycles. The van der Waals surface area contributed by atoms with Gasteiger partial charge in [0.1, 0.15) is 10.8 Å². The molecule has 4 rings (SSSR count). The first-order valence-electron chi connectivity index (χ1n) is 8.72. The van der Waals surface area contributed by atoms with E-state index >= 15 is 0 Å². The minimum atomic E-state index is -0.00586. The van der Waals surface area contributed by atoms with Gasteiger partial charge in [0.05, 0.1) is 12.8 Å². The van der Waals surface area contributed by atoms with E-state index in [4.69, 9.17) is 9.72 Å². The third-order valence-corrected chi connectivity index (χ3v) is 5.86. The number of carbonyl (C=O) groups excluding carboxylic acids is 1. The quantitative estimate of drug-likeness (QED) is 0.738. The number of carbonyl (C=O) groups is 1. The molecule has 3 aromatic rings. The van der Waals surface area contributed by atoms with Gasteiger partial charge in [0.15, 0.2) is 0 Å². The fourth-order valence-corrected chi connectivity index (χ4v) is 4.41. The highest BCUT2D eigenvalue weighted by atomic mass is 32.1. The van der Waals surface area contributed by atoms with Gasteiger partial charge in [0.2, 0.25) is 5.91 Å². The Hall–Kier alpha value is -2.66. The summed E-state index contributed by atoms with van der Waals surface area (Å²) in [6.07, 6.45) is 2.47. The van der Waals surface area contributed by atoms with Gasteiger partial charge in [-0.2, -0.15) is 0 Å². The van der Waals surface area contributed by atoms with Crippen molar-refractivity contribution in [2.45, 2.75) is 19.3 Å². The number of rotatable bonds is 4. The molecule has 4 nitrogen and oxygen atoms in total. The molecule has 0 saturated carbocycles. The highest BCUT2D eigenvalue weighted by Gasteiger charge is 2.27. The lowest BCUT2D eigenvalue weighted by atomic mass is 9.90. The molecule has 5 heteroatoms. The molecule has 2 aromatic carbocycles. The molecule has 26 heavy (non-hydrogen) atoms. The van der Waals surface area contributed by atoms with Gasteiger partial charge >= 0.3 is 0 Å². The summed E-state index contributed by atoms with van der Waals surface area (Å²) in [6, 6.07) is 17.7. The number of hydrogen-bond donors (Lipinski definition) is 1. The molecule has 0 radical (unpaired) electrons. The summed E-state index contributed by atoms with van der Waals surface area (Å²) < 4.78 is 5.15. The van der Waals surface area contributed by atoms with Crippen LogP contribution in [0.25, 0.3) is 10.6 Å². The predicted octanol–water partition coefficient (Wildman–Crippen LogP) is 4.56. The first-order valence-corrected chi connectivity index (χ1v) is 9.53. The first kappa shape index (κ1) is 16.8. The maximum Gasteiger partial charge on any atom is 0.227 e. The van der Waals surface area contributed by atoms with Crippen LogP contribution < -0.4 is 10.1 Å². The number of nitrogens with one attached hydrogen (secondary N) is 1. The number of nitrogens with zero attached hydrogens (tertiary/aromatic N) is 1. The number of aryl methyl sites for hydroxylation is 1. The minimum Gasteiger partial charge on any atom is -0.497 e. The Morgan fingerprint density at radius 1 is 1.15 bits per heavy atom. The third kappa shape index (κ3) is 3.48. The molecule has 0 bridgehead atoms. The van der Waals surface area contributed by atoms with E-state index in [9.17, 15) is 4.79 Å². The molecule has 1 N–H and O–H groups in total. The van der Waals surface area contributed by atoms with Gasteiger partial charge < -0.3 is 10.1 Å². The second kappa shape index (κ2) is 7.30. The predicted molar refractivity (Wildman–Crippen MR) is 105 cm³/mol. The van der Waals surface area contributed by atoms with E-state index < -0.39 is 0 Å². The van der Waals surface area contributed by atoms with Crippen molar-refractivity contribution in [2.24, 2.45) is 5.92 Å². The Morgan fingerprint density at radius 3 is 2.65 bits per heavy atom. The molecule has 1 atom stereocenters. The molecule has 0 spiro atoms. The maximum absolute atomic E-state index is 12.7. The standard InChI is InChI=1S/C21H20N2O2S/c1-25-17-10-8-16(9-11-17)22-20(24)15-7-12-18-19(13-15)26-21(23-18)14-5-3-2-4-6-14/h2-6,8-11,15H,7,12-13H2,1H3,(H,22,24). The smallest absolute Gasteiger partial charge is 0.227 e. The van der Waals surface area contributed by atoms with Crippen molar-refractivity contribution >= 4 is 22.9 Å². The summed E-state index contributed by atoms with van der Waals surface area (Å²) >= 11 is 1.71. The molecule has 1 aliphatic carbocycles. The molecule has 1 aromatic heterocycles. The summed E-state index contributed by atoms with van der Waals surface area (Å²) in [5.74, 6) is 0.854. The lowest BCUT2D eigenvalue weighted by molar-refractivity contribution is -0.120. The van der Waals surface area contributed by atoms with Crippen LogP contribution in [0.4, 0.5) is 5.69 Å². The SMILES string of the molecule is COc1ccc(NC(=O)C2CCc3nc(-c4ccccc4)sc3C2)cc1. The van der Waals surface area contributed by atoms with Crippen molar-refractivity contribution in [1.29, 1.82) is 0 Å². The molecule has 1 aliphatic rings. The first-order chi connectivity index (χ1) is 12.7. The Morgan fingerprint density at radius 2 is 1.92 bits per heavy atom. The number of thiazole rings is 1. The van der Waals surface area contributed by atoms with E-state index in [1.165, 1.54) is 4.88 Å². The van der Waals surface area contributed by atoms with Crippen LogP contribution in [0.1, 0.15) is 17.0 Å². The fraction of sp³-hybridized carbons (Fsp3) is 0.238. The van der Waals surface area contributed by atoms with Crippen molar-refractivity contribution in [1.82, 2.24) is 4.98 Å². The molecule has 0 fully saturated rings. The van der Waals surface area contributed by atoms with Crippen LogP contribution in [-0.2, 0) is 17.6 Å². The topological polar surface area (TPSA) is 51.2 Å². The van der Waals surface area contributed by atoms with Crippen molar-refractivity contribution < 1.29 is 9.53 Å².